The van der Waals surface area contributed by atoms with Crippen LogP contribution < -0.4 is 15.4 Å². The van der Waals surface area contributed by atoms with E-state index in [4.69, 9.17) is 4.74 Å². The molecular formula is C17H26N2O2. The van der Waals surface area contributed by atoms with E-state index < -0.39 is 0 Å². The quantitative estimate of drug-likeness (QED) is 0.846. The molecule has 1 atom stereocenters. The molecule has 1 aliphatic rings. The van der Waals surface area contributed by atoms with Crippen LogP contribution in [-0.2, 0) is 0 Å². The summed E-state index contributed by atoms with van der Waals surface area (Å²) in [5.41, 5.74) is 0.820. The number of rotatable bonds is 6. The van der Waals surface area contributed by atoms with Gasteiger partial charge in [0.1, 0.15) is 5.75 Å². The molecule has 1 aromatic rings. The Balaban J connectivity index is 1.90. The summed E-state index contributed by atoms with van der Waals surface area (Å²) in [5, 5.41) is 6.46. The Labute approximate surface area is 127 Å². The molecule has 0 bridgehead atoms. The molecule has 2 N–H and O–H groups in total. The van der Waals surface area contributed by atoms with Crippen LogP contribution in [0.3, 0.4) is 0 Å². The smallest absolute Gasteiger partial charge is 0.251 e. The zero-order valence-electron chi connectivity index (χ0n) is 13.1. The molecule has 1 aliphatic heterocycles. The molecule has 0 saturated carbocycles. The van der Waals surface area contributed by atoms with Crippen LogP contribution in [0.25, 0.3) is 0 Å². The van der Waals surface area contributed by atoms with Gasteiger partial charge in [0.15, 0.2) is 0 Å². The predicted molar refractivity (Wildman–Crippen MR) is 84.8 cm³/mol. The highest BCUT2D eigenvalue weighted by Crippen LogP contribution is 2.24. The summed E-state index contributed by atoms with van der Waals surface area (Å²) in [4.78, 5) is 12.3. The second-order valence-corrected chi connectivity index (χ2v) is 6.15. The van der Waals surface area contributed by atoms with Gasteiger partial charge in [-0.25, -0.2) is 0 Å². The van der Waals surface area contributed by atoms with Crippen molar-refractivity contribution < 1.29 is 9.53 Å². The van der Waals surface area contributed by atoms with E-state index in [1.54, 1.807) is 0 Å². The van der Waals surface area contributed by atoms with Crippen molar-refractivity contribution in [1.82, 2.24) is 10.6 Å². The Morgan fingerprint density at radius 3 is 3.05 bits per heavy atom. The molecule has 1 unspecified atom stereocenters. The summed E-state index contributed by atoms with van der Waals surface area (Å²) in [6.45, 7) is 7.72. The summed E-state index contributed by atoms with van der Waals surface area (Å²) in [5.74, 6) is 0.735. The molecule has 0 aromatic heterocycles. The van der Waals surface area contributed by atoms with Gasteiger partial charge in [-0.05, 0) is 49.4 Å². The minimum Gasteiger partial charge on any atom is -0.494 e. The van der Waals surface area contributed by atoms with Crippen LogP contribution in [0, 0.1) is 5.41 Å². The average molecular weight is 290 g/mol. The third-order valence-electron chi connectivity index (χ3n) is 3.93. The lowest BCUT2D eigenvalue weighted by molar-refractivity contribution is 0.0924. The number of carbonyl (C=O) groups excluding carboxylic acids is 1. The molecule has 2 rings (SSSR count). The lowest BCUT2D eigenvalue weighted by Crippen LogP contribution is -2.45. The Hall–Kier alpha value is -1.55. The van der Waals surface area contributed by atoms with Gasteiger partial charge >= 0.3 is 0 Å². The van der Waals surface area contributed by atoms with Crippen molar-refractivity contribution in [3.63, 3.8) is 0 Å². The third-order valence-corrected chi connectivity index (χ3v) is 3.93. The van der Waals surface area contributed by atoms with Crippen LogP contribution in [0.15, 0.2) is 24.3 Å². The summed E-state index contributed by atoms with van der Waals surface area (Å²) >= 11 is 0. The number of piperidine rings is 1. The fourth-order valence-corrected chi connectivity index (χ4v) is 2.61. The molecule has 4 nitrogen and oxygen atoms in total. The fraction of sp³-hybridized carbons (Fsp3) is 0.588. The number of hydrogen-bond donors (Lipinski definition) is 2. The van der Waals surface area contributed by atoms with Crippen molar-refractivity contribution in [1.29, 1.82) is 0 Å². The zero-order valence-corrected chi connectivity index (χ0v) is 13.1. The molecular weight excluding hydrogens is 264 g/mol. The standard InChI is InChI=1S/C17H26N2O2/c1-3-10-21-15-7-4-6-14(11-15)16(20)19-13-17(2)8-5-9-18-12-17/h4,6-7,11,18H,3,5,8-10,12-13H2,1-2H3,(H,19,20). The highest BCUT2D eigenvalue weighted by Gasteiger charge is 2.27. The van der Waals surface area contributed by atoms with Crippen LogP contribution in [0.2, 0.25) is 0 Å². The Kier molecular flexibility index (Phi) is 5.62. The van der Waals surface area contributed by atoms with Crippen molar-refractivity contribution in [2.75, 3.05) is 26.2 Å². The van der Waals surface area contributed by atoms with Gasteiger partial charge < -0.3 is 15.4 Å². The Morgan fingerprint density at radius 2 is 2.33 bits per heavy atom. The van der Waals surface area contributed by atoms with Gasteiger partial charge in [0, 0.05) is 18.7 Å². The van der Waals surface area contributed by atoms with Gasteiger partial charge in [0.25, 0.3) is 5.91 Å². The first-order valence-corrected chi connectivity index (χ1v) is 7.85. The second-order valence-electron chi connectivity index (χ2n) is 6.15. The van der Waals surface area contributed by atoms with Crippen molar-refractivity contribution in [2.45, 2.75) is 33.1 Å². The van der Waals surface area contributed by atoms with Crippen molar-refractivity contribution in [3.8, 4) is 5.75 Å². The lowest BCUT2D eigenvalue weighted by Gasteiger charge is -2.34. The number of carbonyl (C=O) groups is 1. The van der Waals surface area contributed by atoms with E-state index in [1.807, 2.05) is 24.3 Å². The maximum absolute atomic E-state index is 12.3. The fourth-order valence-electron chi connectivity index (χ4n) is 2.61. The van der Waals surface area contributed by atoms with Crippen LogP contribution in [0.4, 0.5) is 0 Å². The van der Waals surface area contributed by atoms with E-state index in [0.29, 0.717) is 18.7 Å². The number of hydrogen-bond acceptors (Lipinski definition) is 3. The topological polar surface area (TPSA) is 50.4 Å². The SMILES string of the molecule is CCCOc1cccc(C(=O)NCC2(C)CCCNC2)c1. The normalized spacial score (nSPS) is 21.8. The molecule has 1 amide bonds. The van der Waals surface area contributed by atoms with Gasteiger partial charge in [-0.2, -0.15) is 0 Å². The highest BCUT2D eigenvalue weighted by atomic mass is 16.5. The summed E-state index contributed by atoms with van der Waals surface area (Å²) in [6.07, 6.45) is 3.29. The second kappa shape index (κ2) is 7.46. The van der Waals surface area contributed by atoms with Gasteiger partial charge in [-0.3, -0.25) is 4.79 Å². The summed E-state index contributed by atoms with van der Waals surface area (Å²) < 4.78 is 5.57. The molecule has 1 fully saturated rings. The van der Waals surface area contributed by atoms with Gasteiger partial charge in [-0.1, -0.05) is 19.9 Å². The van der Waals surface area contributed by atoms with Crippen LogP contribution >= 0.6 is 0 Å². The van der Waals surface area contributed by atoms with Crippen molar-refractivity contribution in [3.05, 3.63) is 29.8 Å². The first-order valence-electron chi connectivity index (χ1n) is 7.85. The number of benzene rings is 1. The maximum atomic E-state index is 12.3. The van der Waals surface area contributed by atoms with Crippen molar-refractivity contribution in [2.24, 2.45) is 5.41 Å². The van der Waals surface area contributed by atoms with E-state index in [-0.39, 0.29) is 11.3 Å². The molecule has 0 spiro atoms. The van der Waals surface area contributed by atoms with E-state index in [0.717, 1.165) is 31.7 Å². The van der Waals surface area contributed by atoms with Crippen LogP contribution in [0.5, 0.6) is 5.75 Å². The number of ether oxygens (including phenoxy) is 1. The predicted octanol–water partition coefficient (Wildman–Crippen LogP) is 2.59. The van der Waals surface area contributed by atoms with Crippen LogP contribution in [0.1, 0.15) is 43.5 Å². The summed E-state index contributed by atoms with van der Waals surface area (Å²) in [7, 11) is 0. The van der Waals surface area contributed by atoms with E-state index in [1.165, 1.54) is 6.42 Å². The molecule has 0 aliphatic carbocycles. The van der Waals surface area contributed by atoms with Crippen molar-refractivity contribution >= 4 is 5.91 Å². The van der Waals surface area contributed by atoms with Gasteiger partial charge in [0.05, 0.1) is 6.61 Å². The third kappa shape index (κ3) is 4.74. The molecule has 4 heteroatoms. The summed E-state index contributed by atoms with van der Waals surface area (Å²) in [6, 6.07) is 7.39. The number of nitrogens with one attached hydrogen (secondary N) is 2. The minimum absolute atomic E-state index is 0.0243. The highest BCUT2D eigenvalue weighted by molar-refractivity contribution is 5.94. The monoisotopic (exact) mass is 290 g/mol. The zero-order chi connectivity index (χ0) is 15.1. The first kappa shape index (κ1) is 15.8. The largest absolute Gasteiger partial charge is 0.494 e. The lowest BCUT2D eigenvalue weighted by atomic mass is 9.83. The molecule has 0 radical (unpaired) electrons. The molecule has 21 heavy (non-hydrogen) atoms. The minimum atomic E-state index is -0.0243. The van der Waals surface area contributed by atoms with Gasteiger partial charge in [-0.15, -0.1) is 0 Å². The van der Waals surface area contributed by atoms with Crippen LogP contribution in [-0.4, -0.2) is 32.1 Å². The molecule has 1 aromatic carbocycles. The van der Waals surface area contributed by atoms with Gasteiger partial charge in [0.2, 0.25) is 0 Å². The molecule has 1 heterocycles. The maximum Gasteiger partial charge on any atom is 0.251 e. The van der Waals surface area contributed by atoms with E-state index in [9.17, 15) is 4.79 Å². The molecule has 1 saturated heterocycles. The average Bonchev–Trinajstić information content (AvgIpc) is 2.52. The van der Waals surface area contributed by atoms with E-state index >= 15 is 0 Å². The first-order chi connectivity index (χ1) is 10.1. The van der Waals surface area contributed by atoms with E-state index in [2.05, 4.69) is 24.5 Å². The molecule has 116 valence electrons. The Bertz CT molecular complexity index is 468. The number of amides is 1. The Morgan fingerprint density at radius 1 is 1.48 bits per heavy atom.